The third-order valence-corrected chi connectivity index (χ3v) is 3.84. The van der Waals surface area contributed by atoms with Crippen LogP contribution >= 0.6 is 11.8 Å². The lowest BCUT2D eigenvalue weighted by Crippen LogP contribution is -2.41. The topological polar surface area (TPSA) is 49.3 Å². The van der Waals surface area contributed by atoms with Crippen LogP contribution in [0.25, 0.3) is 0 Å². The van der Waals surface area contributed by atoms with Gasteiger partial charge in [-0.05, 0) is 31.4 Å². The van der Waals surface area contributed by atoms with Crippen molar-refractivity contribution in [1.29, 1.82) is 0 Å². The van der Waals surface area contributed by atoms with Crippen LogP contribution in [-0.2, 0) is 4.79 Å². The van der Waals surface area contributed by atoms with E-state index in [1.54, 1.807) is 11.8 Å². The van der Waals surface area contributed by atoms with E-state index in [1.807, 2.05) is 6.92 Å². The Morgan fingerprint density at radius 1 is 1.38 bits per heavy atom. The van der Waals surface area contributed by atoms with Crippen molar-refractivity contribution in [1.82, 2.24) is 5.32 Å². The van der Waals surface area contributed by atoms with Crippen molar-refractivity contribution < 1.29 is 9.90 Å². The van der Waals surface area contributed by atoms with Crippen molar-refractivity contribution in [2.45, 2.75) is 51.8 Å². The third kappa shape index (κ3) is 6.38. The molecule has 0 rings (SSSR count). The SMILES string of the molecule is CCSC(C(=O)NC(C)CCCO)C(C)C. The Balaban J connectivity index is 4.08. The van der Waals surface area contributed by atoms with Gasteiger partial charge in [0.15, 0.2) is 0 Å². The fraction of sp³-hybridized carbons (Fsp3) is 0.917. The smallest absolute Gasteiger partial charge is 0.233 e. The summed E-state index contributed by atoms with van der Waals surface area (Å²) in [5, 5.41) is 11.8. The maximum atomic E-state index is 12.0. The van der Waals surface area contributed by atoms with E-state index in [0.29, 0.717) is 5.92 Å². The zero-order chi connectivity index (χ0) is 12.6. The van der Waals surface area contributed by atoms with E-state index in [0.717, 1.165) is 18.6 Å². The Bertz CT molecular complexity index is 197. The van der Waals surface area contributed by atoms with Gasteiger partial charge in [-0.15, -0.1) is 11.8 Å². The normalized spacial score (nSPS) is 14.9. The summed E-state index contributed by atoms with van der Waals surface area (Å²) in [6.45, 7) is 8.40. The molecule has 2 unspecified atom stereocenters. The van der Waals surface area contributed by atoms with Crippen LogP contribution in [0.5, 0.6) is 0 Å². The van der Waals surface area contributed by atoms with Crippen molar-refractivity contribution in [2.75, 3.05) is 12.4 Å². The highest BCUT2D eigenvalue weighted by Crippen LogP contribution is 2.19. The maximum Gasteiger partial charge on any atom is 0.233 e. The minimum absolute atomic E-state index is 0.0431. The first-order valence-electron chi connectivity index (χ1n) is 6.05. The summed E-state index contributed by atoms with van der Waals surface area (Å²) in [5.74, 6) is 1.45. The maximum absolute atomic E-state index is 12.0. The fourth-order valence-corrected chi connectivity index (χ4v) is 2.51. The van der Waals surface area contributed by atoms with Crippen LogP contribution in [0.2, 0.25) is 0 Å². The van der Waals surface area contributed by atoms with Gasteiger partial charge in [-0.3, -0.25) is 4.79 Å². The van der Waals surface area contributed by atoms with Crippen LogP contribution in [0.15, 0.2) is 0 Å². The molecule has 0 bridgehead atoms. The van der Waals surface area contributed by atoms with Gasteiger partial charge in [-0.2, -0.15) is 0 Å². The Morgan fingerprint density at radius 3 is 2.44 bits per heavy atom. The molecule has 4 heteroatoms. The minimum atomic E-state index is 0.0431. The predicted octanol–water partition coefficient (Wildman–Crippen LogP) is 2.04. The molecule has 0 saturated carbocycles. The van der Waals surface area contributed by atoms with Gasteiger partial charge in [0, 0.05) is 12.6 Å². The molecule has 0 fully saturated rings. The van der Waals surface area contributed by atoms with E-state index in [-0.39, 0.29) is 23.8 Å². The lowest BCUT2D eigenvalue weighted by Gasteiger charge is -2.22. The van der Waals surface area contributed by atoms with E-state index in [4.69, 9.17) is 5.11 Å². The molecule has 16 heavy (non-hydrogen) atoms. The second-order valence-electron chi connectivity index (χ2n) is 4.40. The molecule has 3 nitrogen and oxygen atoms in total. The molecule has 0 aromatic rings. The quantitative estimate of drug-likeness (QED) is 0.690. The molecule has 2 N–H and O–H groups in total. The van der Waals surface area contributed by atoms with E-state index in [2.05, 4.69) is 26.1 Å². The van der Waals surface area contributed by atoms with Crippen LogP contribution < -0.4 is 5.32 Å². The highest BCUT2D eigenvalue weighted by molar-refractivity contribution is 8.00. The zero-order valence-corrected chi connectivity index (χ0v) is 11.6. The number of carbonyl (C=O) groups excluding carboxylic acids is 1. The molecule has 0 heterocycles. The van der Waals surface area contributed by atoms with Crippen LogP contribution in [0.3, 0.4) is 0 Å². The first kappa shape index (κ1) is 15.8. The number of aliphatic hydroxyl groups is 1. The van der Waals surface area contributed by atoms with Gasteiger partial charge in [-0.25, -0.2) is 0 Å². The second-order valence-corrected chi connectivity index (χ2v) is 5.81. The van der Waals surface area contributed by atoms with Gasteiger partial charge in [0.1, 0.15) is 0 Å². The molecule has 0 aromatic carbocycles. The van der Waals surface area contributed by atoms with Crippen molar-refractivity contribution >= 4 is 17.7 Å². The number of nitrogens with one attached hydrogen (secondary N) is 1. The van der Waals surface area contributed by atoms with Crippen molar-refractivity contribution in [3.63, 3.8) is 0 Å². The predicted molar refractivity (Wildman–Crippen MR) is 70.7 cm³/mol. The summed E-state index contributed by atoms with van der Waals surface area (Å²) < 4.78 is 0. The number of carbonyl (C=O) groups is 1. The molecule has 96 valence electrons. The molecule has 1 amide bonds. The fourth-order valence-electron chi connectivity index (χ4n) is 1.55. The number of hydrogen-bond acceptors (Lipinski definition) is 3. The molecule has 0 spiro atoms. The van der Waals surface area contributed by atoms with Crippen LogP contribution in [0.1, 0.15) is 40.5 Å². The molecule has 0 aromatic heterocycles. The van der Waals surface area contributed by atoms with Crippen molar-refractivity contribution in [3.05, 3.63) is 0 Å². The molecule has 0 aliphatic rings. The standard InChI is InChI=1S/C12H25NO2S/c1-5-16-11(9(2)3)12(15)13-10(4)7-6-8-14/h9-11,14H,5-8H2,1-4H3,(H,13,15). The average molecular weight is 247 g/mol. The van der Waals surface area contributed by atoms with Gasteiger partial charge >= 0.3 is 0 Å². The summed E-state index contributed by atoms with van der Waals surface area (Å²) in [4.78, 5) is 12.0. The molecular weight excluding hydrogens is 222 g/mol. The van der Waals surface area contributed by atoms with E-state index in [9.17, 15) is 4.79 Å². The average Bonchev–Trinajstić information content (AvgIpc) is 2.22. The van der Waals surface area contributed by atoms with Crippen LogP contribution in [-0.4, -0.2) is 34.7 Å². The highest BCUT2D eigenvalue weighted by atomic mass is 32.2. The van der Waals surface area contributed by atoms with Crippen LogP contribution in [0, 0.1) is 5.92 Å². The van der Waals surface area contributed by atoms with Gasteiger partial charge < -0.3 is 10.4 Å². The Hall–Kier alpha value is -0.220. The van der Waals surface area contributed by atoms with Crippen molar-refractivity contribution in [3.8, 4) is 0 Å². The summed E-state index contributed by atoms with van der Waals surface area (Å²) in [5.41, 5.74) is 0. The molecule has 0 saturated heterocycles. The number of amides is 1. The highest BCUT2D eigenvalue weighted by Gasteiger charge is 2.22. The lowest BCUT2D eigenvalue weighted by molar-refractivity contribution is -0.121. The molecule has 0 aliphatic carbocycles. The lowest BCUT2D eigenvalue weighted by atomic mass is 10.1. The first-order chi connectivity index (χ1) is 7.52. The molecule has 0 radical (unpaired) electrons. The molecule has 2 atom stereocenters. The Morgan fingerprint density at radius 2 is 2.00 bits per heavy atom. The second kappa shape index (κ2) is 8.88. The van der Waals surface area contributed by atoms with E-state index in [1.165, 1.54) is 0 Å². The van der Waals surface area contributed by atoms with Gasteiger partial charge in [0.2, 0.25) is 5.91 Å². The zero-order valence-electron chi connectivity index (χ0n) is 10.8. The molecule has 0 aliphatic heterocycles. The number of thioether (sulfide) groups is 1. The number of aliphatic hydroxyl groups excluding tert-OH is 1. The minimum Gasteiger partial charge on any atom is -0.396 e. The first-order valence-corrected chi connectivity index (χ1v) is 7.10. The Labute approximate surface area is 103 Å². The van der Waals surface area contributed by atoms with Gasteiger partial charge in [0.05, 0.1) is 5.25 Å². The summed E-state index contributed by atoms with van der Waals surface area (Å²) in [6.07, 6.45) is 1.58. The number of rotatable bonds is 8. The van der Waals surface area contributed by atoms with Crippen molar-refractivity contribution in [2.24, 2.45) is 5.92 Å². The monoisotopic (exact) mass is 247 g/mol. The molecular formula is C12H25NO2S. The van der Waals surface area contributed by atoms with Crippen LogP contribution in [0.4, 0.5) is 0 Å². The van der Waals surface area contributed by atoms with E-state index >= 15 is 0 Å². The summed E-state index contributed by atoms with van der Waals surface area (Å²) >= 11 is 1.70. The third-order valence-electron chi connectivity index (χ3n) is 2.39. The summed E-state index contributed by atoms with van der Waals surface area (Å²) in [7, 11) is 0. The Kier molecular flexibility index (Phi) is 8.76. The van der Waals surface area contributed by atoms with Gasteiger partial charge in [-0.1, -0.05) is 20.8 Å². The largest absolute Gasteiger partial charge is 0.396 e. The summed E-state index contributed by atoms with van der Waals surface area (Å²) in [6, 6.07) is 0.151. The number of hydrogen-bond donors (Lipinski definition) is 2. The van der Waals surface area contributed by atoms with E-state index < -0.39 is 0 Å². The van der Waals surface area contributed by atoms with Gasteiger partial charge in [0.25, 0.3) is 0 Å².